The molecular weight excluding hydrogens is 280 g/mol. The number of rotatable bonds is 6. The van der Waals surface area contributed by atoms with Crippen molar-refractivity contribution < 1.29 is 18.1 Å². The van der Waals surface area contributed by atoms with E-state index in [2.05, 4.69) is 10.2 Å². The Hall–Kier alpha value is -1.15. The monoisotopic (exact) mass is 300 g/mol. The first-order valence-corrected chi connectivity index (χ1v) is 8.13. The SMILES string of the molecule is O=S(=O)(O)c1cc(N2CCCC2)ccc1CNCCO. The van der Waals surface area contributed by atoms with Gasteiger partial charge >= 0.3 is 0 Å². The molecule has 0 amide bonds. The van der Waals surface area contributed by atoms with Crippen molar-refractivity contribution in [1.29, 1.82) is 0 Å². The van der Waals surface area contributed by atoms with Gasteiger partial charge in [-0.05, 0) is 30.5 Å². The molecule has 0 spiro atoms. The zero-order chi connectivity index (χ0) is 14.6. The molecule has 1 aromatic rings. The van der Waals surface area contributed by atoms with Crippen LogP contribution in [0.2, 0.25) is 0 Å². The summed E-state index contributed by atoms with van der Waals surface area (Å²) >= 11 is 0. The zero-order valence-corrected chi connectivity index (χ0v) is 12.1. The normalized spacial score (nSPS) is 15.8. The van der Waals surface area contributed by atoms with Gasteiger partial charge in [0.1, 0.15) is 4.90 Å². The van der Waals surface area contributed by atoms with E-state index in [0.29, 0.717) is 12.1 Å². The van der Waals surface area contributed by atoms with Gasteiger partial charge in [-0.3, -0.25) is 4.55 Å². The van der Waals surface area contributed by atoms with Gasteiger partial charge in [-0.2, -0.15) is 8.42 Å². The molecule has 0 atom stereocenters. The smallest absolute Gasteiger partial charge is 0.294 e. The Labute approximate surface area is 119 Å². The fourth-order valence-electron chi connectivity index (χ4n) is 2.40. The Morgan fingerprint density at radius 1 is 1.25 bits per heavy atom. The molecule has 0 unspecified atom stereocenters. The molecule has 1 saturated heterocycles. The highest BCUT2D eigenvalue weighted by Gasteiger charge is 2.19. The first kappa shape index (κ1) is 15.2. The first-order valence-electron chi connectivity index (χ1n) is 6.69. The Kier molecular flexibility index (Phi) is 4.98. The maximum atomic E-state index is 11.5. The molecule has 3 N–H and O–H groups in total. The van der Waals surface area contributed by atoms with Crippen molar-refractivity contribution in [3.05, 3.63) is 23.8 Å². The highest BCUT2D eigenvalue weighted by molar-refractivity contribution is 7.85. The number of nitrogens with zero attached hydrogens (tertiary/aromatic N) is 1. The molecule has 2 rings (SSSR count). The van der Waals surface area contributed by atoms with Crippen molar-refractivity contribution >= 4 is 15.8 Å². The molecule has 0 aliphatic carbocycles. The fraction of sp³-hybridized carbons (Fsp3) is 0.538. The van der Waals surface area contributed by atoms with Crippen LogP contribution in [0.5, 0.6) is 0 Å². The van der Waals surface area contributed by atoms with Gasteiger partial charge in [0.25, 0.3) is 10.1 Å². The molecule has 20 heavy (non-hydrogen) atoms. The molecule has 1 aromatic carbocycles. The van der Waals surface area contributed by atoms with Gasteiger partial charge in [0.2, 0.25) is 0 Å². The predicted molar refractivity (Wildman–Crippen MR) is 76.5 cm³/mol. The zero-order valence-electron chi connectivity index (χ0n) is 11.2. The van der Waals surface area contributed by atoms with Crippen LogP contribution in [0.15, 0.2) is 23.1 Å². The summed E-state index contributed by atoms with van der Waals surface area (Å²) in [5.41, 5.74) is 1.32. The van der Waals surface area contributed by atoms with Crippen LogP contribution in [-0.4, -0.2) is 44.3 Å². The molecule has 0 aromatic heterocycles. The van der Waals surface area contributed by atoms with Gasteiger partial charge in [-0.25, -0.2) is 0 Å². The number of aliphatic hydroxyl groups excluding tert-OH is 1. The molecule has 1 aliphatic rings. The van der Waals surface area contributed by atoms with E-state index in [-0.39, 0.29) is 18.0 Å². The maximum Gasteiger partial charge on any atom is 0.294 e. The molecule has 1 aliphatic heterocycles. The summed E-state index contributed by atoms with van der Waals surface area (Å²) in [6, 6.07) is 5.10. The second kappa shape index (κ2) is 6.53. The summed E-state index contributed by atoms with van der Waals surface area (Å²) < 4.78 is 32.4. The van der Waals surface area contributed by atoms with Crippen LogP contribution in [-0.2, 0) is 16.7 Å². The van der Waals surface area contributed by atoms with Gasteiger partial charge in [-0.15, -0.1) is 0 Å². The van der Waals surface area contributed by atoms with Crippen molar-refractivity contribution in [2.75, 3.05) is 31.1 Å². The Bertz CT molecular complexity index is 553. The van der Waals surface area contributed by atoms with E-state index in [0.717, 1.165) is 31.6 Å². The molecule has 0 saturated carbocycles. The van der Waals surface area contributed by atoms with E-state index in [9.17, 15) is 13.0 Å². The van der Waals surface area contributed by atoms with Gasteiger partial charge in [0.05, 0.1) is 6.61 Å². The number of anilines is 1. The lowest BCUT2D eigenvalue weighted by Gasteiger charge is -2.19. The topological polar surface area (TPSA) is 89.9 Å². The van der Waals surface area contributed by atoms with Gasteiger partial charge < -0.3 is 15.3 Å². The van der Waals surface area contributed by atoms with E-state index in [1.165, 1.54) is 6.07 Å². The summed E-state index contributed by atoms with van der Waals surface area (Å²) in [6.07, 6.45) is 2.20. The average Bonchev–Trinajstić information content (AvgIpc) is 2.92. The molecule has 0 radical (unpaired) electrons. The standard InChI is InChI=1S/C13H20N2O4S/c16-8-5-14-10-11-3-4-12(15-6-1-2-7-15)9-13(11)20(17,18)19/h3-4,9,14,16H,1-2,5-8,10H2,(H,17,18,19). The van der Waals surface area contributed by atoms with Gasteiger partial charge in [-0.1, -0.05) is 6.07 Å². The summed E-state index contributed by atoms with van der Waals surface area (Å²) in [4.78, 5) is 2.05. The lowest BCUT2D eigenvalue weighted by molar-refractivity contribution is 0.292. The quantitative estimate of drug-likeness (QED) is 0.527. The highest BCUT2D eigenvalue weighted by atomic mass is 32.2. The second-order valence-electron chi connectivity index (χ2n) is 4.86. The summed E-state index contributed by atoms with van der Waals surface area (Å²) in [5, 5.41) is 11.6. The minimum absolute atomic E-state index is 0.0208. The third-order valence-corrected chi connectivity index (χ3v) is 4.34. The number of nitrogens with one attached hydrogen (secondary N) is 1. The minimum atomic E-state index is -4.25. The van der Waals surface area contributed by atoms with Crippen LogP contribution in [0.4, 0.5) is 5.69 Å². The van der Waals surface area contributed by atoms with E-state index < -0.39 is 10.1 Å². The number of hydrogen-bond acceptors (Lipinski definition) is 5. The number of hydrogen-bond donors (Lipinski definition) is 3. The largest absolute Gasteiger partial charge is 0.395 e. The summed E-state index contributed by atoms with van der Waals surface area (Å²) in [7, 11) is -4.25. The molecule has 6 nitrogen and oxygen atoms in total. The molecule has 112 valence electrons. The lowest BCUT2D eigenvalue weighted by Crippen LogP contribution is -2.21. The Morgan fingerprint density at radius 3 is 2.55 bits per heavy atom. The minimum Gasteiger partial charge on any atom is -0.395 e. The molecule has 1 heterocycles. The Balaban J connectivity index is 2.27. The van der Waals surface area contributed by atoms with Crippen molar-refractivity contribution in [3.8, 4) is 0 Å². The van der Waals surface area contributed by atoms with Crippen LogP contribution in [0.25, 0.3) is 0 Å². The predicted octanol–water partition coefficient (Wildman–Crippen LogP) is 0.615. The third kappa shape index (κ3) is 3.69. The first-order chi connectivity index (χ1) is 9.52. The van der Waals surface area contributed by atoms with Crippen LogP contribution >= 0.6 is 0 Å². The van der Waals surface area contributed by atoms with E-state index in [1.54, 1.807) is 6.07 Å². The molecule has 0 bridgehead atoms. The molecule has 1 fully saturated rings. The van der Waals surface area contributed by atoms with Gasteiger partial charge in [0.15, 0.2) is 0 Å². The van der Waals surface area contributed by atoms with Crippen LogP contribution in [0.1, 0.15) is 18.4 Å². The number of aliphatic hydroxyl groups is 1. The summed E-state index contributed by atoms with van der Waals surface area (Å²) in [5.74, 6) is 0. The molecule has 7 heteroatoms. The highest BCUT2D eigenvalue weighted by Crippen LogP contribution is 2.26. The van der Waals surface area contributed by atoms with Crippen molar-refractivity contribution in [1.82, 2.24) is 5.32 Å². The lowest BCUT2D eigenvalue weighted by atomic mass is 10.2. The van der Waals surface area contributed by atoms with Crippen LogP contribution in [0, 0.1) is 0 Å². The van der Waals surface area contributed by atoms with E-state index in [4.69, 9.17) is 5.11 Å². The van der Waals surface area contributed by atoms with Crippen molar-refractivity contribution in [2.24, 2.45) is 0 Å². The van der Waals surface area contributed by atoms with Crippen LogP contribution in [0.3, 0.4) is 0 Å². The van der Waals surface area contributed by atoms with Crippen molar-refractivity contribution in [3.63, 3.8) is 0 Å². The van der Waals surface area contributed by atoms with Gasteiger partial charge in [0, 0.05) is 31.9 Å². The summed E-state index contributed by atoms with van der Waals surface area (Å²) in [6.45, 7) is 2.46. The van der Waals surface area contributed by atoms with E-state index in [1.807, 2.05) is 6.07 Å². The third-order valence-electron chi connectivity index (χ3n) is 3.40. The van der Waals surface area contributed by atoms with E-state index >= 15 is 0 Å². The number of benzene rings is 1. The van der Waals surface area contributed by atoms with Crippen LogP contribution < -0.4 is 10.2 Å². The van der Waals surface area contributed by atoms with Crippen molar-refractivity contribution in [2.45, 2.75) is 24.3 Å². The molecular formula is C13H20N2O4S. The average molecular weight is 300 g/mol. The maximum absolute atomic E-state index is 11.5. The Morgan fingerprint density at radius 2 is 1.95 bits per heavy atom. The second-order valence-corrected chi connectivity index (χ2v) is 6.25. The fourth-order valence-corrected chi connectivity index (χ4v) is 3.14.